The molecule has 0 radical (unpaired) electrons. The van der Waals surface area contributed by atoms with E-state index >= 15 is 0 Å². The summed E-state index contributed by atoms with van der Waals surface area (Å²) < 4.78 is 12.9. The van der Waals surface area contributed by atoms with Crippen LogP contribution < -0.4 is 0 Å². The van der Waals surface area contributed by atoms with Gasteiger partial charge in [0.1, 0.15) is 16.9 Å². The van der Waals surface area contributed by atoms with Crippen LogP contribution in [0.3, 0.4) is 0 Å². The van der Waals surface area contributed by atoms with Gasteiger partial charge >= 0.3 is 0 Å². The number of aromatic hydroxyl groups is 1. The highest BCUT2D eigenvalue weighted by Gasteiger charge is 2.11. The van der Waals surface area contributed by atoms with Gasteiger partial charge in [-0.2, -0.15) is 5.26 Å². The van der Waals surface area contributed by atoms with E-state index in [4.69, 9.17) is 5.26 Å². The van der Waals surface area contributed by atoms with E-state index in [-0.39, 0.29) is 16.6 Å². The van der Waals surface area contributed by atoms with Crippen LogP contribution in [0.25, 0.3) is 10.6 Å². The van der Waals surface area contributed by atoms with Crippen LogP contribution in [0.4, 0.5) is 4.39 Å². The molecule has 0 bridgehead atoms. The molecule has 0 aliphatic heterocycles. The van der Waals surface area contributed by atoms with E-state index in [0.717, 1.165) is 11.3 Å². The lowest BCUT2D eigenvalue weighted by Crippen LogP contribution is -1.77. The van der Waals surface area contributed by atoms with Crippen molar-refractivity contribution in [2.45, 2.75) is 0 Å². The number of halogens is 1. The molecule has 0 amide bonds. The summed E-state index contributed by atoms with van der Waals surface area (Å²) in [5.74, 6) is -0.678. The van der Waals surface area contributed by atoms with E-state index < -0.39 is 0 Å². The maximum atomic E-state index is 12.9. The van der Waals surface area contributed by atoms with Crippen molar-refractivity contribution in [2.24, 2.45) is 0 Å². The maximum absolute atomic E-state index is 12.9. The van der Waals surface area contributed by atoms with Gasteiger partial charge in [0.25, 0.3) is 0 Å². The number of hydrogen-bond donors (Lipinski definition) is 1. The first-order valence-electron chi connectivity index (χ1n) is 4.06. The molecule has 5 heteroatoms. The SMILES string of the molecule is N#Cc1sc(-c2cccc(F)c2)nc1O. The zero-order valence-electron chi connectivity index (χ0n) is 7.44. The zero-order chi connectivity index (χ0) is 10.8. The molecular weight excluding hydrogens is 215 g/mol. The van der Waals surface area contributed by atoms with Gasteiger partial charge in [0.2, 0.25) is 5.88 Å². The molecule has 15 heavy (non-hydrogen) atoms. The summed E-state index contributed by atoms with van der Waals surface area (Å²) >= 11 is 1.03. The standard InChI is InChI=1S/C10H5FN2OS/c11-7-3-1-2-6(4-7)10-13-9(14)8(5-12)15-10/h1-4,14H. The van der Waals surface area contributed by atoms with Crippen LogP contribution in [-0.4, -0.2) is 10.1 Å². The van der Waals surface area contributed by atoms with E-state index in [9.17, 15) is 9.50 Å². The van der Waals surface area contributed by atoms with Crippen molar-refractivity contribution in [1.82, 2.24) is 4.98 Å². The van der Waals surface area contributed by atoms with E-state index in [2.05, 4.69) is 4.98 Å². The molecule has 0 fully saturated rings. The molecule has 1 aromatic carbocycles. The highest BCUT2D eigenvalue weighted by Crippen LogP contribution is 2.31. The van der Waals surface area contributed by atoms with E-state index in [1.165, 1.54) is 12.1 Å². The van der Waals surface area contributed by atoms with Crippen LogP contribution in [0.1, 0.15) is 4.88 Å². The van der Waals surface area contributed by atoms with Gasteiger partial charge in [-0.3, -0.25) is 0 Å². The van der Waals surface area contributed by atoms with Gasteiger partial charge in [-0.05, 0) is 12.1 Å². The summed E-state index contributed by atoms with van der Waals surface area (Å²) in [5, 5.41) is 18.3. The van der Waals surface area contributed by atoms with Crippen molar-refractivity contribution in [2.75, 3.05) is 0 Å². The minimum absolute atomic E-state index is 0.134. The molecular formula is C10H5FN2OS. The minimum atomic E-state index is -0.374. The zero-order valence-corrected chi connectivity index (χ0v) is 8.25. The molecule has 0 spiro atoms. The molecule has 2 aromatic rings. The van der Waals surface area contributed by atoms with Crippen LogP contribution in [0, 0.1) is 17.1 Å². The molecule has 0 aliphatic rings. The van der Waals surface area contributed by atoms with Gasteiger partial charge in [-0.25, -0.2) is 9.37 Å². The Morgan fingerprint density at radius 3 is 2.87 bits per heavy atom. The Balaban J connectivity index is 2.51. The fraction of sp³-hybridized carbons (Fsp3) is 0. The quantitative estimate of drug-likeness (QED) is 0.803. The topological polar surface area (TPSA) is 56.9 Å². The smallest absolute Gasteiger partial charge is 0.241 e. The Bertz CT molecular complexity index is 545. The normalized spacial score (nSPS) is 9.87. The van der Waals surface area contributed by atoms with Crippen molar-refractivity contribution in [1.29, 1.82) is 5.26 Å². The van der Waals surface area contributed by atoms with Crippen LogP contribution in [-0.2, 0) is 0 Å². The largest absolute Gasteiger partial charge is 0.492 e. The molecule has 0 saturated heterocycles. The van der Waals surface area contributed by atoms with E-state index in [1.54, 1.807) is 12.1 Å². The molecule has 3 nitrogen and oxygen atoms in total. The summed E-state index contributed by atoms with van der Waals surface area (Å²) in [5.41, 5.74) is 0.553. The predicted molar refractivity (Wildman–Crippen MR) is 53.9 cm³/mol. The third kappa shape index (κ3) is 1.80. The number of nitrogens with zero attached hydrogens (tertiary/aromatic N) is 2. The van der Waals surface area contributed by atoms with Crippen LogP contribution >= 0.6 is 11.3 Å². The van der Waals surface area contributed by atoms with Crippen molar-refractivity contribution in [3.63, 3.8) is 0 Å². The Morgan fingerprint density at radius 1 is 1.47 bits per heavy atom. The Kier molecular flexibility index (Phi) is 2.35. The fourth-order valence-electron chi connectivity index (χ4n) is 1.13. The van der Waals surface area contributed by atoms with Crippen LogP contribution in [0.2, 0.25) is 0 Å². The van der Waals surface area contributed by atoms with Crippen molar-refractivity contribution in [3.05, 3.63) is 35.0 Å². The number of rotatable bonds is 1. The number of benzene rings is 1. The van der Waals surface area contributed by atoms with Gasteiger partial charge in [0, 0.05) is 5.56 Å². The number of nitriles is 1. The van der Waals surface area contributed by atoms with Crippen molar-refractivity contribution < 1.29 is 9.50 Å². The monoisotopic (exact) mass is 220 g/mol. The molecule has 0 saturated carbocycles. The summed E-state index contributed by atoms with van der Waals surface area (Å²) in [6, 6.07) is 7.66. The molecule has 0 unspecified atom stereocenters. The molecule has 1 N–H and O–H groups in total. The average Bonchev–Trinajstić information content (AvgIpc) is 2.60. The first-order valence-corrected chi connectivity index (χ1v) is 4.88. The lowest BCUT2D eigenvalue weighted by molar-refractivity contribution is 0.456. The molecule has 1 aromatic heterocycles. The van der Waals surface area contributed by atoms with Crippen molar-refractivity contribution >= 4 is 11.3 Å². The van der Waals surface area contributed by atoms with Gasteiger partial charge in [-0.1, -0.05) is 23.5 Å². The number of thiazole rings is 1. The second-order valence-electron chi connectivity index (χ2n) is 2.79. The molecule has 74 valence electrons. The van der Waals surface area contributed by atoms with Crippen molar-refractivity contribution in [3.8, 4) is 22.5 Å². The highest BCUT2D eigenvalue weighted by atomic mass is 32.1. The van der Waals surface area contributed by atoms with E-state index in [1.807, 2.05) is 6.07 Å². The molecule has 0 aliphatic carbocycles. The first-order chi connectivity index (χ1) is 7.20. The summed E-state index contributed by atoms with van der Waals surface area (Å²) in [4.78, 5) is 3.91. The van der Waals surface area contributed by atoms with Crippen LogP contribution in [0.5, 0.6) is 5.88 Å². The number of hydrogen-bond acceptors (Lipinski definition) is 4. The third-order valence-electron chi connectivity index (χ3n) is 1.78. The Morgan fingerprint density at radius 2 is 2.27 bits per heavy atom. The van der Waals surface area contributed by atoms with E-state index in [0.29, 0.717) is 10.6 Å². The molecule has 0 atom stereocenters. The lowest BCUT2D eigenvalue weighted by Gasteiger charge is -1.94. The minimum Gasteiger partial charge on any atom is -0.492 e. The third-order valence-corrected chi connectivity index (χ3v) is 2.78. The number of aromatic nitrogens is 1. The summed E-state index contributed by atoms with van der Waals surface area (Å²) in [6.07, 6.45) is 0. The highest BCUT2D eigenvalue weighted by molar-refractivity contribution is 7.15. The van der Waals surface area contributed by atoms with Gasteiger partial charge < -0.3 is 5.11 Å². The van der Waals surface area contributed by atoms with Crippen LogP contribution in [0.15, 0.2) is 24.3 Å². The molecule has 2 rings (SSSR count). The summed E-state index contributed by atoms with van der Waals surface area (Å²) in [7, 11) is 0. The fourth-order valence-corrected chi connectivity index (χ4v) is 1.88. The Labute approximate surface area is 89.1 Å². The Hall–Kier alpha value is -1.93. The predicted octanol–water partition coefficient (Wildman–Crippen LogP) is 2.53. The summed E-state index contributed by atoms with van der Waals surface area (Å²) in [6.45, 7) is 0. The van der Waals surface area contributed by atoms with Gasteiger partial charge in [-0.15, -0.1) is 0 Å². The maximum Gasteiger partial charge on any atom is 0.241 e. The lowest BCUT2D eigenvalue weighted by atomic mass is 10.2. The molecule has 1 heterocycles. The first kappa shape index (κ1) is 9.62. The second-order valence-corrected chi connectivity index (χ2v) is 3.79. The van der Waals surface area contributed by atoms with Gasteiger partial charge in [0.15, 0.2) is 4.88 Å². The van der Waals surface area contributed by atoms with Gasteiger partial charge in [0.05, 0.1) is 0 Å². The average molecular weight is 220 g/mol. The second kappa shape index (κ2) is 3.67.